The SMILES string of the molecule is O=C(O)c1nocc1C(F)(F)C1CC1. The van der Waals surface area contributed by atoms with Gasteiger partial charge in [-0.1, -0.05) is 5.16 Å². The molecule has 1 aliphatic rings. The van der Waals surface area contributed by atoms with E-state index in [-0.39, 0.29) is 0 Å². The number of carboxylic acids is 1. The van der Waals surface area contributed by atoms with Gasteiger partial charge in [0.15, 0.2) is 5.69 Å². The molecule has 2 rings (SSSR count). The Bertz CT molecular complexity index is 370. The molecule has 6 heteroatoms. The second-order valence-electron chi connectivity index (χ2n) is 3.28. The molecule has 0 unspecified atom stereocenters. The summed E-state index contributed by atoms with van der Waals surface area (Å²) >= 11 is 0. The molecule has 76 valence electrons. The topological polar surface area (TPSA) is 63.3 Å². The summed E-state index contributed by atoms with van der Waals surface area (Å²) in [6.45, 7) is 0. The van der Waals surface area contributed by atoms with Crippen molar-refractivity contribution in [1.82, 2.24) is 5.16 Å². The lowest BCUT2D eigenvalue weighted by atomic mass is 10.1. The molecule has 0 aromatic carbocycles. The van der Waals surface area contributed by atoms with Crippen LogP contribution >= 0.6 is 0 Å². The van der Waals surface area contributed by atoms with Crippen molar-refractivity contribution in [2.75, 3.05) is 0 Å². The number of alkyl halides is 2. The molecular weight excluding hydrogens is 196 g/mol. The summed E-state index contributed by atoms with van der Waals surface area (Å²) in [5, 5.41) is 11.6. The van der Waals surface area contributed by atoms with Crippen molar-refractivity contribution in [2.45, 2.75) is 18.8 Å². The Kier molecular flexibility index (Phi) is 1.80. The molecule has 0 radical (unpaired) electrons. The van der Waals surface area contributed by atoms with Crippen molar-refractivity contribution in [3.8, 4) is 0 Å². The predicted octanol–water partition coefficient (Wildman–Crippen LogP) is 1.87. The zero-order chi connectivity index (χ0) is 10.3. The standard InChI is InChI=1S/C8H7F2NO3/c9-8(10,4-1-2-4)5-3-14-11-6(5)7(12)13/h3-4H,1-2H2,(H,12,13). The summed E-state index contributed by atoms with van der Waals surface area (Å²) in [6, 6.07) is 0. The lowest BCUT2D eigenvalue weighted by molar-refractivity contribution is -0.0300. The van der Waals surface area contributed by atoms with Crippen LogP contribution in [0.1, 0.15) is 28.9 Å². The van der Waals surface area contributed by atoms with Crippen LogP contribution in [0.3, 0.4) is 0 Å². The number of aromatic nitrogens is 1. The predicted molar refractivity (Wildman–Crippen MR) is 40.1 cm³/mol. The first-order chi connectivity index (χ1) is 6.53. The third kappa shape index (κ3) is 1.26. The van der Waals surface area contributed by atoms with E-state index in [0.717, 1.165) is 0 Å². The van der Waals surface area contributed by atoms with Crippen molar-refractivity contribution in [3.63, 3.8) is 0 Å². The molecule has 1 N–H and O–H groups in total. The van der Waals surface area contributed by atoms with E-state index < -0.39 is 29.1 Å². The number of aromatic carboxylic acids is 1. The lowest BCUT2D eigenvalue weighted by Gasteiger charge is -2.12. The summed E-state index contributed by atoms with van der Waals surface area (Å²) in [6.07, 6.45) is 1.54. The Morgan fingerprint density at radius 2 is 2.29 bits per heavy atom. The Morgan fingerprint density at radius 3 is 2.79 bits per heavy atom. The Morgan fingerprint density at radius 1 is 1.64 bits per heavy atom. The fourth-order valence-electron chi connectivity index (χ4n) is 1.29. The van der Waals surface area contributed by atoms with Gasteiger partial charge in [0.05, 0.1) is 5.56 Å². The minimum absolute atomic E-state index is 0.414. The van der Waals surface area contributed by atoms with Crippen LogP contribution < -0.4 is 0 Å². The average molecular weight is 203 g/mol. The fourth-order valence-corrected chi connectivity index (χ4v) is 1.29. The van der Waals surface area contributed by atoms with Crippen LogP contribution in [0.2, 0.25) is 0 Å². The van der Waals surface area contributed by atoms with Crippen LogP contribution in [0.4, 0.5) is 8.78 Å². The monoisotopic (exact) mass is 203 g/mol. The Hall–Kier alpha value is -1.46. The highest BCUT2D eigenvalue weighted by Gasteiger charge is 2.51. The van der Waals surface area contributed by atoms with Crippen LogP contribution in [0.15, 0.2) is 10.8 Å². The fraction of sp³-hybridized carbons (Fsp3) is 0.500. The molecule has 1 aromatic heterocycles. The first-order valence-electron chi connectivity index (χ1n) is 4.09. The number of carboxylic acid groups (broad SMARTS) is 1. The largest absolute Gasteiger partial charge is 0.476 e. The van der Waals surface area contributed by atoms with E-state index in [1.165, 1.54) is 0 Å². The van der Waals surface area contributed by atoms with Gasteiger partial charge in [-0.25, -0.2) is 13.6 Å². The third-order valence-corrected chi connectivity index (χ3v) is 2.22. The first kappa shape index (κ1) is 9.11. The molecular formula is C8H7F2NO3. The van der Waals surface area contributed by atoms with Gasteiger partial charge in [0.25, 0.3) is 5.92 Å². The molecule has 0 spiro atoms. The minimum atomic E-state index is -3.13. The van der Waals surface area contributed by atoms with Crippen LogP contribution in [0.5, 0.6) is 0 Å². The third-order valence-electron chi connectivity index (χ3n) is 2.22. The van der Waals surface area contributed by atoms with E-state index in [4.69, 9.17) is 5.11 Å². The summed E-state index contributed by atoms with van der Waals surface area (Å²) in [7, 11) is 0. The smallest absolute Gasteiger partial charge is 0.358 e. The number of hydrogen-bond acceptors (Lipinski definition) is 3. The normalized spacial score (nSPS) is 17.0. The molecule has 4 nitrogen and oxygen atoms in total. The van der Waals surface area contributed by atoms with Crippen LogP contribution in [0.25, 0.3) is 0 Å². The summed E-state index contributed by atoms with van der Waals surface area (Å²) in [5.74, 6) is -5.39. The van der Waals surface area contributed by atoms with Crippen molar-refractivity contribution < 1.29 is 23.2 Å². The van der Waals surface area contributed by atoms with Crippen molar-refractivity contribution in [2.24, 2.45) is 5.92 Å². The van der Waals surface area contributed by atoms with Gasteiger partial charge in [0.2, 0.25) is 0 Å². The van der Waals surface area contributed by atoms with E-state index in [1.54, 1.807) is 0 Å². The van der Waals surface area contributed by atoms with Gasteiger partial charge < -0.3 is 9.63 Å². The van der Waals surface area contributed by atoms with Gasteiger partial charge in [-0.2, -0.15) is 0 Å². The van der Waals surface area contributed by atoms with Crippen LogP contribution in [0, 0.1) is 5.92 Å². The van der Waals surface area contributed by atoms with Gasteiger partial charge in [-0.3, -0.25) is 0 Å². The quantitative estimate of drug-likeness (QED) is 0.814. The molecule has 1 saturated carbocycles. The summed E-state index contributed by atoms with van der Waals surface area (Å²) < 4.78 is 31.1. The minimum Gasteiger partial charge on any atom is -0.476 e. The van der Waals surface area contributed by atoms with Gasteiger partial charge >= 0.3 is 5.97 Å². The highest BCUT2D eigenvalue weighted by molar-refractivity contribution is 5.87. The van der Waals surface area contributed by atoms with Crippen molar-refractivity contribution in [1.29, 1.82) is 0 Å². The Labute approximate surface area is 77.5 Å². The van der Waals surface area contributed by atoms with Crippen molar-refractivity contribution >= 4 is 5.97 Å². The Balaban J connectivity index is 2.39. The zero-order valence-corrected chi connectivity index (χ0v) is 7.04. The molecule has 0 bridgehead atoms. The van der Waals surface area contributed by atoms with Gasteiger partial charge in [-0.05, 0) is 12.8 Å². The van der Waals surface area contributed by atoms with E-state index in [0.29, 0.717) is 19.1 Å². The molecule has 14 heavy (non-hydrogen) atoms. The van der Waals surface area contributed by atoms with E-state index >= 15 is 0 Å². The van der Waals surface area contributed by atoms with E-state index in [1.807, 2.05) is 0 Å². The highest BCUT2D eigenvalue weighted by Crippen LogP contribution is 2.50. The van der Waals surface area contributed by atoms with Crippen LogP contribution in [-0.2, 0) is 5.92 Å². The molecule has 1 aliphatic carbocycles. The average Bonchev–Trinajstić information content (AvgIpc) is 2.82. The maximum atomic E-state index is 13.4. The van der Waals surface area contributed by atoms with Gasteiger partial charge in [0, 0.05) is 5.92 Å². The number of rotatable bonds is 3. The zero-order valence-electron chi connectivity index (χ0n) is 7.04. The van der Waals surface area contributed by atoms with E-state index in [9.17, 15) is 13.6 Å². The number of halogens is 2. The number of nitrogens with zero attached hydrogens (tertiary/aromatic N) is 1. The highest BCUT2D eigenvalue weighted by atomic mass is 19.3. The molecule has 1 aromatic rings. The molecule has 1 heterocycles. The summed E-state index contributed by atoms with van der Waals surface area (Å²) in [5.41, 5.74) is -1.31. The molecule has 0 atom stereocenters. The first-order valence-corrected chi connectivity index (χ1v) is 4.09. The maximum absolute atomic E-state index is 13.4. The second kappa shape index (κ2) is 2.76. The molecule has 0 amide bonds. The molecule has 0 saturated heterocycles. The van der Waals surface area contributed by atoms with Gasteiger partial charge in [0.1, 0.15) is 6.26 Å². The maximum Gasteiger partial charge on any atom is 0.358 e. The number of carbonyl (C=O) groups is 1. The summed E-state index contributed by atoms with van der Waals surface area (Å²) in [4.78, 5) is 10.5. The lowest BCUT2D eigenvalue weighted by Crippen LogP contribution is -2.19. The van der Waals surface area contributed by atoms with Crippen molar-refractivity contribution in [3.05, 3.63) is 17.5 Å². The molecule has 1 fully saturated rings. The van der Waals surface area contributed by atoms with E-state index in [2.05, 4.69) is 9.68 Å². The number of hydrogen-bond donors (Lipinski definition) is 1. The molecule has 0 aliphatic heterocycles. The van der Waals surface area contributed by atoms with Crippen LogP contribution in [-0.4, -0.2) is 16.2 Å². The van der Waals surface area contributed by atoms with Gasteiger partial charge in [-0.15, -0.1) is 0 Å². The second-order valence-corrected chi connectivity index (χ2v) is 3.28.